The molecule has 6 heteroatoms. The number of hydrogen-bond donors (Lipinski definition) is 1. The van der Waals surface area contributed by atoms with E-state index in [1.54, 1.807) is 10.4 Å². The first-order valence-corrected chi connectivity index (χ1v) is 9.34. The minimum absolute atomic E-state index is 0.265. The van der Waals surface area contributed by atoms with Gasteiger partial charge in [-0.05, 0) is 38.8 Å². The van der Waals surface area contributed by atoms with Crippen LogP contribution in [0, 0.1) is 0 Å². The third-order valence-corrected chi connectivity index (χ3v) is 7.35. The first kappa shape index (κ1) is 15.9. The number of nitrogens with one attached hydrogen (secondary N) is 1. The highest BCUT2D eigenvalue weighted by Gasteiger charge is 2.41. The number of rotatable bonds is 5. The Bertz CT molecular complexity index is 561. The first-order valence-electron chi connectivity index (χ1n) is 7.08. The second kappa shape index (κ2) is 5.75. The van der Waals surface area contributed by atoms with Crippen molar-refractivity contribution in [2.24, 2.45) is 0 Å². The van der Waals surface area contributed by atoms with Crippen LogP contribution in [-0.4, -0.2) is 30.8 Å². The summed E-state index contributed by atoms with van der Waals surface area (Å²) in [4.78, 5) is 1.06. The fourth-order valence-corrected chi connectivity index (χ4v) is 5.80. The predicted octanol–water partition coefficient (Wildman–Crippen LogP) is 2.81. The van der Waals surface area contributed by atoms with Crippen LogP contribution in [0.25, 0.3) is 0 Å². The highest BCUT2D eigenvalue weighted by atomic mass is 32.2. The molecule has 1 aromatic heterocycles. The molecule has 1 aromatic rings. The lowest BCUT2D eigenvalue weighted by atomic mass is 10.0. The molecule has 2 rings (SSSR count). The van der Waals surface area contributed by atoms with Gasteiger partial charge in [-0.3, -0.25) is 0 Å². The monoisotopic (exact) mass is 316 g/mol. The molecule has 0 aliphatic carbocycles. The molecule has 2 heterocycles. The molecule has 0 unspecified atom stereocenters. The van der Waals surface area contributed by atoms with Crippen LogP contribution in [0.2, 0.25) is 0 Å². The van der Waals surface area contributed by atoms with Crippen molar-refractivity contribution in [1.29, 1.82) is 0 Å². The quantitative estimate of drug-likeness (QED) is 0.909. The fourth-order valence-electron chi connectivity index (χ4n) is 2.53. The molecule has 1 N–H and O–H groups in total. The van der Waals surface area contributed by atoms with Crippen LogP contribution in [0.5, 0.6) is 0 Å². The first-order chi connectivity index (χ1) is 9.23. The zero-order valence-corrected chi connectivity index (χ0v) is 14.3. The summed E-state index contributed by atoms with van der Waals surface area (Å²) in [5.41, 5.74) is -0.265. The summed E-state index contributed by atoms with van der Waals surface area (Å²) in [6.07, 6.45) is 1.87. The molecular weight excluding hydrogens is 292 g/mol. The SMILES string of the molecule is CC(C)NCc1ccc(S(=O)(=O)N2CCCC2(C)C)s1. The summed E-state index contributed by atoms with van der Waals surface area (Å²) in [7, 11) is -3.34. The van der Waals surface area contributed by atoms with Gasteiger partial charge < -0.3 is 5.32 Å². The molecule has 1 aliphatic rings. The molecule has 4 nitrogen and oxygen atoms in total. The van der Waals surface area contributed by atoms with E-state index in [4.69, 9.17) is 0 Å². The summed E-state index contributed by atoms with van der Waals surface area (Å²) in [6, 6.07) is 4.05. The van der Waals surface area contributed by atoms with Gasteiger partial charge in [0, 0.05) is 29.5 Å². The van der Waals surface area contributed by atoms with Gasteiger partial charge in [0.1, 0.15) is 4.21 Å². The van der Waals surface area contributed by atoms with E-state index in [1.807, 2.05) is 19.9 Å². The highest BCUT2D eigenvalue weighted by Crippen LogP contribution is 2.35. The van der Waals surface area contributed by atoms with Crippen molar-refractivity contribution in [2.75, 3.05) is 6.54 Å². The number of hydrogen-bond acceptors (Lipinski definition) is 4. The van der Waals surface area contributed by atoms with E-state index in [2.05, 4.69) is 19.2 Å². The maximum Gasteiger partial charge on any atom is 0.253 e. The van der Waals surface area contributed by atoms with Crippen LogP contribution in [0.1, 0.15) is 45.4 Å². The van der Waals surface area contributed by atoms with Gasteiger partial charge in [0.25, 0.3) is 10.0 Å². The molecule has 1 aliphatic heterocycles. The van der Waals surface area contributed by atoms with E-state index in [-0.39, 0.29) is 5.54 Å². The molecule has 0 spiro atoms. The van der Waals surface area contributed by atoms with Gasteiger partial charge in [-0.1, -0.05) is 13.8 Å². The van der Waals surface area contributed by atoms with Gasteiger partial charge in [0.15, 0.2) is 0 Å². The molecule has 114 valence electrons. The molecule has 1 saturated heterocycles. The minimum Gasteiger partial charge on any atom is -0.310 e. The Labute approximate surface area is 126 Å². The topological polar surface area (TPSA) is 49.4 Å². The Morgan fingerprint density at radius 2 is 2.10 bits per heavy atom. The normalized spacial score (nSPS) is 19.9. The van der Waals surface area contributed by atoms with E-state index in [0.717, 1.165) is 24.3 Å². The molecule has 1 fully saturated rings. The van der Waals surface area contributed by atoms with Gasteiger partial charge in [0.2, 0.25) is 0 Å². The molecule has 0 saturated carbocycles. The van der Waals surface area contributed by atoms with E-state index in [9.17, 15) is 8.42 Å². The number of thiophene rings is 1. The van der Waals surface area contributed by atoms with Crippen LogP contribution < -0.4 is 5.32 Å². The summed E-state index contributed by atoms with van der Waals surface area (Å²) in [6.45, 7) is 9.53. The lowest BCUT2D eigenvalue weighted by Crippen LogP contribution is -2.42. The summed E-state index contributed by atoms with van der Waals surface area (Å²) in [5, 5.41) is 3.31. The molecule has 20 heavy (non-hydrogen) atoms. The van der Waals surface area contributed by atoms with Crippen molar-refractivity contribution >= 4 is 21.4 Å². The molecule has 0 radical (unpaired) electrons. The maximum atomic E-state index is 12.7. The molecular formula is C14H24N2O2S2. The molecule has 0 amide bonds. The zero-order chi connectivity index (χ0) is 15.0. The Hall–Kier alpha value is -0.430. The van der Waals surface area contributed by atoms with Gasteiger partial charge in [-0.15, -0.1) is 11.3 Å². The van der Waals surface area contributed by atoms with Crippen molar-refractivity contribution in [2.45, 2.75) is 62.9 Å². The van der Waals surface area contributed by atoms with Gasteiger partial charge >= 0.3 is 0 Å². The zero-order valence-electron chi connectivity index (χ0n) is 12.6. The summed E-state index contributed by atoms with van der Waals surface area (Å²) < 4.78 is 27.6. The Morgan fingerprint density at radius 1 is 1.40 bits per heavy atom. The van der Waals surface area contributed by atoms with E-state index < -0.39 is 10.0 Å². The minimum atomic E-state index is -3.34. The Kier molecular flexibility index (Phi) is 4.59. The number of nitrogens with zero attached hydrogens (tertiary/aromatic N) is 1. The van der Waals surface area contributed by atoms with E-state index in [1.165, 1.54) is 11.3 Å². The van der Waals surface area contributed by atoms with Crippen LogP contribution in [0.3, 0.4) is 0 Å². The van der Waals surface area contributed by atoms with Gasteiger partial charge in [0.05, 0.1) is 0 Å². The average Bonchev–Trinajstić information content (AvgIpc) is 2.92. The van der Waals surface area contributed by atoms with Crippen molar-refractivity contribution < 1.29 is 8.42 Å². The average molecular weight is 316 g/mol. The maximum absolute atomic E-state index is 12.7. The third-order valence-electron chi connectivity index (χ3n) is 3.69. The highest BCUT2D eigenvalue weighted by molar-refractivity contribution is 7.91. The number of sulfonamides is 1. The molecule has 0 aromatic carbocycles. The van der Waals surface area contributed by atoms with Crippen molar-refractivity contribution in [3.8, 4) is 0 Å². The molecule has 0 atom stereocenters. The van der Waals surface area contributed by atoms with Gasteiger partial charge in [-0.25, -0.2) is 8.42 Å². The Balaban J connectivity index is 2.18. The van der Waals surface area contributed by atoms with E-state index >= 15 is 0 Å². The lowest BCUT2D eigenvalue weighted by molar-refractivity contribution is 0.292. The van der Waals surface area contributed by atoms with Crippen LogP contribution in [-0.2, 0) is 16.6 Å². The van der Waals surface area contributed by atoms with Crippen LogP contribution >= 0.6 is 11.3 Å². The Morgan fingerprint density at radius 3 is 2.65 bits per heavy atom. The van der Waals surface area contributed by atoms with Crippen molar-refractivity contribution in [3.05, 3.63) is 17.0 Å². The largest absolute Gasteiger partial charge is 0.310 e. The van der Waals surface area contributed by atoms with E-state index in [0.29, 0.717) is 16.8 Å². The second-order valence-corrected chi connectivity index (χ2v) is 9.51. The van der Waals surface area contributed by atoms with Gasteiger partial charge in [-0.2, -0.15) is 4.31 Å². The van der Waals surface area contributed by atoms with Crippen LogP contribution in [0.15, 0.2) is 16.3 Å². The predicted molar refractivity (Wildman–Crippen MR) is 83.5 cm³/mol. The summed E-state index contributed by atoms with van der Waals surface area (Å²) in [5.74, 6) is 0. The molecule has 0 bridgehead atoms. The smallest absolute Gasteiger partial charge is 0.253 e. The lowest BCUT2D eigenvalue weighted by Gasteiger charge is -2.29. The standard InChI is InChI=1S/C14H24N2O2S2/c1-11(2)15-10-12-6-7-13(19-12)20(17,18)16-9-5-8-14(16,3)4/h6-7,11,15H,5,8-10H2,1-4H3. The summed E-state index contributed by atoms with van der Waals surface area (Å²) >= 11 is 1.38. The fraction of sp³-hybridized carbons (Fsp3) is 0.714. The van der Waals surface area contributed by atoms with Crippen LogP contribution in [0.4, 0.5) is 0 Å². The second-order valence-electron chi connectivity index (χ2n) is 6.25. The third kappa shape index (κ3) is 3.24. The van der Waals surface area contributed by atoms with Crippen molar-refractivity contribution in [3.63, 3.8) is 0 Å². The van der Waals surface area contributed by atoms with Crippen molar-refractivity contribution in [1.82, 2.24) is 9.62 Å².